The summed E-state index contributed by atoms with van der Waals surface area (Å²) in [5.74, 6) is 1.63. The molecule has 1 N–H and O–H groups in total. The molecule has 1 aliphatic rings. The van der Waals surface area contributed by atoms with Crippen molar-refractivity contribution in [2.45, 2.75) is 26.4 Å². The second-order valence-electron chi connectivity index (χ2n) is 6.07. The van der Waals surface area contributed by atoms with Crippen LogP contribution < -0.4 is 5.32 Å². The van der Waals surface area contributed by atoms with Gasteiger partial charge < -0.3 is 14.8 Å². The van der Waals surface area contributed by atoms with Gasteiger partial charge in [-0.15, -0.1) is 0 Å². The molecule has 2 rings (SSSR count). The molecule has 0 radical (unpaired) electrons. The van der Waals surface area contributed by atoms with Crippen LogP contribution in [0.2, 0.25) is 0 Å². The Morgan fingerprint density at radius 1 is 1.37 bits per heavy atom. The van der Waals surface area contributed by atoms with Crippen LogP contribution in [0.4, 0.5) is 5.95 Å². The first-order chi connectivity index (χ1) is 9.06. The molecular weight excluding hydrogens is 238 g/mol. The Labute approximate surface area is 116 Å². The summed E-state index contributed by atoms with van der Waals surface area (Å²) in [6, 6.07) is 0.563. The van der Waals surface area contributed by atoms with Crippen LogP contribution in [0, 0.1) is 5.92 Å². The van der Waals surface area contributed by atoms with E-state index in [0.717, 1.165) is 38.7 Å². The molecule has 19 heavy (non-hydrogen) atoms. The summed E-state index contributed by atoms with van der Waals surface area (Å²) >= 11 is 0. The number of likely N-dealkylation sites (N-methyl/N-ethyl adjacent to an activating group) is 2. The molecule has 1 aromatic heterocycles. The topological polar surface area (TPSA) is 36.3 Å². The number of hydrogen-bond acceptors (Lipinski definition) is 4. The van der Waals surface area contributed by atoms with Gasteiger partial charge in [0.05, 0.1) is 0 Å². The molecule has 1 saturated heterocycles. The third kappa shape index (κ3) is 3.94. The Balaban J connectivity index is 1.96. The molecule has 1 aliphatic heterocycles. The number of aromatic nitrogens is 2. The molecule has 2 heterocycles. The Morgan fingerprint density at radius 2 is 2.16 bits per heavy atom. The molecule has 0 bridgehead atoms. The molecule has 0 saturated carbocycles. The van der Waals surface area contributed by atoms with Gasteiger partial charge in [0.2, 0.25) is 5.95 Å². The number of hydrogen-bond donors (Lipinski definition) is 1. The fourth-order valence-corrected chi connectivity index (χ4v) is 2.44. The summed E-state index contributed by atoms with van der Waals surface area (Å²) in [5.41, 5.74) is 0. The SMILES string of the molecule is CC(C)CNc1nccn1CC1CN(C)CCN1C. The summed E-state index contributed by atoms with van der Waals surface area (Å²) in [6.07, 6.45) is 3.96. The van der Waals surface area contributed by atoms with Gasteiger partial charge in [0.15, 0.2) is 0 Å². The van der Waals surface area contributed by atoms with Crippen LogP contribution in [0.25, 0.3) is 0 Å². The summed E-state index contributed by atoms with van der Waals surface area (Å²) in [6.45, 7) is 9.82. The van der Waals surface area contributed by atoms with Crippen LogP contribution in [-0.2, 0) is 6.54 Å². The fraction of sp³-hybridized carbons (Fsp3) is 0.786. The van der Waals surface area contributed by atoms with E-state index in [1.165, 1.54) is 0 Å². The lowest BCUT2D eigenvalue weighted by atomic mass is 10.2. The monoisotopic (exact) mass is 265 g/mol. The maximum atomic E-state index is 4.42. The van der Waals surface area contributed by atoms with Crippen molar-refractivity contribution in [1.29, 1.82) is 0 Å². The second kappa shape index (κ2) is 6.39. The lowest BCUT2D eigenvalue weighted by Gasteiger charge is -2.38. The average Bonchev–Trinajstić information content (AvgIpc) is 2.79. The van der Waals surface area contributed by atoms with Gasteiger partial charge in [0.25, 0.3) is 0 Å². The van der Waals surface area contributed by atoms with Crippen LogP contribution in [0.15, 0.2) is 12.4 Å². The lowest BCUT2D eigenvalue weighted by Crippen LogP contribution is -2.51. The lowest BCUT2D eigenvalue weighted by molar-refractivity contribution is 0.103. The zero-order valence-electron chi connectivity index (χ0n) is 12.6. The largest absolute Gasteiger partial charge is 0.355 e. The van der Waals surface area contributed by atoms with Gasteiger partial charge in [-0.2, -0.15) is 0 Å². The standard InChI is InChI=1S/C14H27N5/c1-12(2)9-16-14-15-5-6-19(14)11-13-10-17(3)7-8-18(13)4/h5-6,12-13H,7-11H2,1-4H3,(H,15,16). The molecule has 0 amide bonds. The van der Waals surface area contributed by atoms with Crippen molar-refractivity contribution < 1.29 is 0 Å². The number of rotatable bonds is 5. The van der Waals surface area contributed by atoms with Crippen LogP contribution in [0.5, 0.6) is 0 Å². The predicted octanol–water partition coefficient (Wildman–Crippen LogP) is 1.20. The summed E-state index contributed by atoms with van der Waals surface area (Å²) in [4.78, 5) is 9.27. The summed E-state index contributed by atoms with van der Waals surface area (Å²) < 4.78 is 2.24. The maximum absolute atomic E-state index is 4.42. The Morgan fingerprint density at radius 3 is 2.89 bits per heavy atom. The molecule has 1 aromatic rings. The molecule has 1 atom stereocenters. The van der Waals surface area contributed by atoms with E-state index in [-0.39, 0.29) is 0 Å². The van der Waals surface area contributed by atoms with Gasteiger partial charge >= 0.3 is 0 Å². The van der Waals surface area contributed by atoms with E-state index in [4.69, 9.17) is 0 Å². The van der Waals surface area contributed by atoms with Gasteiger partial charge in [-0.05, 0) is 20.0 Å². The van der Waals surface area contributed by atoms with Gasteiger partial charge in [-0.3, -0.25) is 4.90 Å². The van der Waals surface area contributed by atoms with E-state index in [1.54, 1.807) is 0 Å². The quantitative estimate of drug-likeness (QED) is 0.868. The highest BCUT2D eigenvalue weighted by molar-refractivity contribution is 5.25. The van der Waals surface area contributed by atoms with E-state index >= 15 is 0 Å². The summed E-state index contributed by atoms with van der Waals surface area (Å²) in [5, 5.41) is 3.43. The zero-order valence-corrected chi connectivity index (χ0v) is 12.6. The molecule has 108 valence electrons. The third-order valence-electron chi connectivity index (χ3n) is 3.77. The van der Waals surface area contributed by atoms with Gasteiger partial charge in [-0.25, -0.2) is 4.98 Å². The molecule has 1 unspecified atom stereocenters. The van der Waals surface area contributed by atoms with Crippen LogP contribution in [0.1, 0.15) is 13.8 Å². The Bertz CT molecular complexity index is 387. The van der Waals surface area contributed by atoms with Crippen LogP contribution in [0.3, 0.4) is 0 Å². The second-order valence-corrected chi connectivity index (χ2v) is 6.07. The van der Waals surface area contributed by atoms with Crippen molar-refractivity contribution in [1.82, 2.24) is 19.4 Å². The van der Waals surface area contributed by atoms with E-state index in [0.29, 0.717) is 12.0 Å². The molecule has 5 heteroatoms. The number of imidazole rings is 1. The van der Waals surface area contributed by atoms with Crippen molar-refractivity contribution in [3.63, 3.8) is 0 Å². The summed E-state index contributed by atoms with van der Waals surface area (Å²) in [7, 11) is 4.42. The van der Waals surface area contributed by atoms with Gasteiger partial charge in [0, 0.05) is 51.2 Å². The molecule has 0 aliphatic carbocycles. The van der Waals surface area contributed by atoms with E-state index in [9.17, 15) is 0 Å². The first-order valence-corrected chi connectivity index (χ1v) is 7.20. The van der Waals surface area contributed by atoms with Crippen molar-refractivity contribution >= 4 is 5.95 Å². The minimum absolute atomic E-state index is 0.563. The van der Waals surface area contributed by atoms with Crippen molar-refractivity contribution in [3.05, 3.63) is 12.4 Å². The third-order valence-corrected chi connectivity index (χ3v) is 3.77. The van der Waals surface area contributed by atoms with Gasteiger partial charge in [-0.1, -0.05) is 13.8 Å². The Kier molecular flexibility index (Phi) is 4.82. The van der Waals surface area contributed by atoms with E-state index in [2.05, 4.69) is 58.8 Å². The molecule has 0 aromatic carbocycles. The van der Waals surface area contributed by atoms with E-state index in [1.807, 2.05) is 6.20 Å². The normalized spacial score (nSPS) is 22.1. The predicted molar refractivity (Wildman–Crippen MR) is 79.5 cm³/mol. The number of anilines is 1. The highest BCUT2D eigenvalue weighted by Gasteiger charge is 2.23. The number of nitrogens with zero attached hydrogens (tertiary/aromatic N) is 4. The molecule has 5 nitrogen and oxygen atoms in total. The maximum Gasteiger partial charge on any atom is 0.202 e. The number of piperazine rings is 1. The smallest absolute Gasteiger partial charge is 0.202 e. The first kappa shape index (κ1) is 14.3. The zero-order chi connectivity index (χ0) is 13.8. The van der Waals surface area contributed by atoms with Crippen molar-refractivity contribution in [2.75, 3.05) is 45.6 Å². The first-order valence-electron chi connectivity index (χ1n) is 7.20. The minimum atomic E-state index is 0.563. The highest BCUT2D eigenvalue weighted by Crippen LogP contribution is 2.12. The fourth-order valence-electron chi connectivity index (χ4n) is 2.44. The Hall–Kier alpha value is -1.07. The molecular formula is C14H27N5. The average molecular weight is 265 g/mol. The number of nitrogens with one attached hydrogen (secondary N) is 1. The van der Waals surface area contributed by atoms with Crippen LogP contribution >= 0.6 is 0 Å². The van der Waals surface area contributed by atoms with E-state index < -0.39 is 0 Å². The highest BCUT2D eigenvalue weighted by atomic mass is 15.3. The molecule has 1 fully saturated rings. The van der Waals surface area contributed by atoms with Crippen molar-refractivity contribution in [2.24, 2.45) is 5.92 Å². The minimum Gasteiger partial charge on any atom is -0.355 e. The van der Waals surface area contributed by atoms with Crippen molar-refractivity contribution in [3.8, 4) is 0 Å². The molecule has 0 spiro atoms. The van der Waals surface area contributed by atoms with Crippen LogP contribution in [-0.4, -0.2) is 65.7 Å². The van der Waals surface area contributed by atoms with Gasteiger partial charge in [0.1, 0.15) is 0 Å².